The maximum absolute atomic E-state index is 6.06. The van der Waals surface area contributed by atoms with Crippen molar-refractivity contribution in [2.75, 3.05) is 6.54 Å². The van der Waals surface area contributed by atoms with Crippen LogP contribution in [0.25, 0.3) is 0 Å². The second kappa shape index (κ2) is 6.60. The van der Waals surface area contributed by atoms with Crippen LogP contribution in [0, 0.1) is 11.8 Å². The third kappa shape index (κ3) is 5.09. The largest absolute Gasteiger partial charge is 0.312 e. The number of hydrogen-bond acceptors (Lipinski definition) is 2. The summed E-state index contributed by atoms with van der Waals surface area (Å²) in [5, 5.41) is 3.70. The first-order valence-corrected chi connectivity index (χ1v) is 8.63. The molecule has 1 aliphatic rings. The molecule has 1 saturated carbocycles. The minimum atomic E-state index is 0.212. The van der Waals surface area contributed by atoms with Gasteiger partial charge in [0.05, 0.1) is 4.34 Å². The molecule has 19 heavy (non-hydrogen) atoms. The molecule has 0 aromatic carbocycles. The molecule has 0 amide bonds. The van der Waals surface area contributed by atoms with E-state index >= 15 is 0 Å². The van der Waals surface area contributed by atoms with Crippen molar-refractivity contribution >= 4 is 22.9 Å². The average Bonchev–Trinajstić information content (AvgIpc) is 2.94. The molecule has 1 N–H and O–H groups in total. The van der Waals surface area contributed by atoms with Crippen molar-refractivity contribution < 1.29 is 0 Å². The third-order valence-corrected chi connectivity index (χ3v) is 5.31. The van der Waals surface area contributed by atoms with E-state index < -0.39 is 0 Å². The molecule has 1 fully saturated rings. The molecule has 1 nitrogen and oxygen atoms in total. The lowest BCUT2D eigenvalue weighted by atomic mass is 9.87. The molecule has 1 aromatic rings. The van der Waals surface area contributed by atoms with Crippen LogP contribution in [-0.2, 0) is 6.42 Å². The minimum absolute atomic E-state index is 0.212. The van der Waals surface area contributed by atoms with E-state index in [4.69, 9.17) is 11.6 Å². The molecule has 2 rings (SSSR count). The minimum Gasteiger partial charge on any atom is -0.312 e. The summed E-state index contributed by atoms with van der Waals surface area (Å²) in [6.45, 7) is 7.88. The van der Waals surface area contributed by atoms with E-state index in [0.29, 0.717) is 0 Å². The number of halogens is 1. The molecule has 1 atom stereocenters. The molecule has 0 bridgehead atoms. The highest BCUT2D eigenvalue weighted by atomic mass is 35.5. The molecule has 3 heteroatoms. The quantitative estimate of drug-likeness (QED) is 0.794. The third-order valence-electron chi connectivity index (χ3n) is 4.05. The fraction of sp³-hybridized carbons (Fsp3) is 0.750. The number of rotatable bonds is 5. The van der Waals surface area contributed by atoms with Crippen molar-refractivity contribution in [3.05, 3.63) is 21.3 Å². The Kier molecular flexibility index (Phi) is 5.33. The van der Waals surface area contributed by atoms with Gasteiger partial charge in [-0.1, -0.05) is 37.3 Å². The zero-order valence-electron chi connectivity index (χ0n) is 12.3. The lowest BCUT2D eigenvalue weighted by molar-refractivity contribution is 0.288. The summed E-state index contributed by atoms with van der Waals surface area (Å²) < 4.78 is 0.920. The van der Waals surface area contributed by atoms with E-state index in [1.807, 2.05) is 6.07 Å². The van der Waals surface area contributed by atoms with E-state index in [9.17, 15) is 0 Å². The Labute approximate surface area is 126 Å². The van der Waals surface area contributed by atoms with Gasteiger partial charge in [-0.25, -0.2) is 0 Å². The Balaban J connectivity index is 1.97. The predicted molar refractivity (Wildman–Crippen MR) is 86.2 cm³/mol. The lowest BCUT2D eigenvalue weighted by Gasteiger charge is -2.28. The molecule has 1 unspecified atom stereocenters. The lowest BCUT2D eigenvalue weighted by Crippen LogP contribution is -2.41. The average molecular weight is 300 g/mol. The zero-order valence-corrected chi connectivity index (χ0v) is 13.9. The van der Waals surface area contributed by atoms with Crippen LogP contribution in [0.3, 0.4) is 0 Å². The van der Waals surface area contributed by atoms with Gasteiger partial charge in [0.25, 0.3) is 0 Å². The van der Waals surface area contributed by atoms with Crippen LogP contribution in [0.1, 0.15) is 51.3 Å². The van der Waals surface area contributed by atoms with Crippen molar-refractivity contribution in [1.29, 1.82) is 0 Å². The second-order valence-corrected chi connectivity index (χ2v) is 8.65. The number of thiophene rings is 1. The molecule has 1 heterocycles. The van der Waals surface area contributed by atoms with Crippen LogP contribution in [0.2, 0.25) is 4.34 Å². The topological polar surface area (TPSA) is 12.0 Å². The van der Waals surface area contributed by atoms with E-state index in [1.54, 1.807) is 11.3 Å². The summed E-state index contributed by atoms with van der Waals surface area (Å²) in [7, 11) is 0. The van der Waals surface area contributed by atoms with Crippen LogP contribution in [0.15, 0.2) is 12.1 Å². The van der Waals surface area contributed by atoms with Gasteiger partial charge in [0, 0.05) is 10.4 Å². The Morgan fingerprint density at radius 1 is 1.32 bits per heavy atom. The van der Waals surface area contributed by atoms with Crippen molar-refractivity contribution in [2.24, 2.45) is 11.8 Å². The predicted octanol–water partition coefficient (Wildman–Crippen LogP) is 5.14. The Morgan fingerprint density at radius 3 is 2.53 bits per heavy atom. The molecule has 0 radical (unpaired) electrons. The Hall–Kier alpha value is -0.0500. The number of nitrogens with one attached hydrogen (secondary N) is 1. The standard InChI is InChI=1S/C16H26ClNS/c1-16(2,3)18-11-13(12-6-4-5-7-12)10-14-8-9-15(17)19-14/h8-9,12-13,18H,4-7,10-11H2,1-3H3. The van der Waals surface area contributed by atoms with Crippen LogP contribution in [-0.4, -0.2) is 12.1 Å². The van der Waals surface area contributed by atoms with Crippen molar-refractivity contribution in [1.82, 2.24) is 5.32 Å². The van der Waals surface area contributed by atoms with Crippen molar-refractivity contribution in [3.8, 4) is 0 Å². The fourth-order valence-electron chi connectivity index (χ4n) is 2.99. The summed E-state index contributed by atoms with van der Waals surface area (Å²) in [5.41, 5.74) is 0.212. The maximum atomic E-state index is 6.06. The number of hydrogen-bond donors (Lipinski definition) is 1. The fourth-order valence-corrected chi connectivity index (χ4v) is 4.17. The first-order valence-electron chi connectivity index (χ1n) is 7.43. The molecule has 1 aliphatic carbocycles. The summed E-state index contributed by atoms with van der Waals surface area (Å²) in [6.07, 6.45) is 6.85. The highest BCUT2D eigenvalue weighted by molar-refractivity contribution is 7.16. The smallest absolute Gasteiger partial charge is 0.0931 e. The molecule has 108 valence electrons. The van der Waals surface area contributed by atoms with Crippen LogP contribution < -0.4 is 5.32 Å². The zero-order chi connectivity index (χ0) is 13.9. The second-order valence-electron chi connectivity index (χ2n) is 6.85. The first-order chi connectivity index (χ1) is 8.94. The van der Waals surface area contributed by atoms with Gasteiger partial charge >= 0.3 is 0 Å². The van der Waals surface area contributed by atoms with Crippen molar-refractivity contribution in [2.45, 2.75) is 58.4 Å². The summed E-state index contributed by atoms with van der Waals surface area (Å²) >= 11 is 7.80. The molecule has 0 spiro atoms. The van der Waals surface area contributed by atoms with Crippen LogP contribution in [0.5, 0.6) is 0 Å². The molecule has 0 aliphatic heterocycles. The molecule has 1 aromatic heterocycles. The summed E-state index contributed by atoms with van der Waals surface area (Å²) in [4.78, 5) is 1.44. The monoisotopic (exact) mass is 299 g/mol. The van der Waals surface area contributed by atoms with Crippen LogP contribution >= 0.6 is 22.9 Å². The van der Waals surface area contributed by atoms with Crippen LogP contribution in [0.4, 0.5) is 0 Å². The summed E-state index contributed by atoms with van der Waals surface area (Å²) in [5.74, 6) is 1.66. The first kappa shape index (κ1) is 15.3. The Bertz CT molecular complexity index is 388. The van der Waals surface area contributed by atoms with Gasteiger partial charge in [0.2, 0.25) is 0 Å². The van der Waals surface area contributed by atoms with Gasteiger partial charge in [-0.05, 0) is 57.7 Å². The molecular weight excluding hydrogens is 274 g/mol. The van der Waals surface area contributed by atoms with Gasteiger partial charge in [0.15, 0.2) is 0 Å². The van der Waals surface area contributed by atoms with Gasteiger partial charge in [-0.3, -0.25) is 0 Å². The van der Waals surface area contributed by atoms with E-state index in [0.717, 1.165) is 22.7 Å². The maximum Gasteiger partial charge on any atom is 0.0931 e. The van der Waals surface area contributed by atoms with Gasteiger partial charge in [-0.15, -0.1) is 11.3 Å². The Morgan fingerprint density at radius 2 is 2.00 bits per heavy atom. The highest BCUT2D eigenvalue weighted by Gasteiger charge is 2.26. The van der Waals surface area contributed by atoms with Gasteiger partial charge < -0.3 is 5.32 Å². The van der Waals surface area contributed by atoms with E-state index in [2.05, 4.69) is 32.2 Å². The van der Waals surface area contributed by atoms with Crippen molar-refractivity contribution in [3.63, 3.8) is 0 Å². The van der Waals surface area contributed by atoms with Gasteiger partial charge in [0.1, 0.15) is 0 Å². The summed E-state index contributed by atoms with van der Waals surface area (Å²) in [6, 6.07) is 4.23. The van der Waals surface area contributed by atoms with Gasteiger partial charge in [-0.2, -0.15) is 0 Å². The van der Waals surface area contributed by atoms with E-state index in [1.165, 1.54) is 37.0 Å². The normalized spacial score (nSPS) is 18.9. The highest BCUT2D eigenvalue weighted by Crippen LogP contribution is 2.35. The van der Waals surface area contributed by atoms with E-state index in [-0.39, 0.29) is 5.54 Å². The SMILES string of the molecule is CC(C)(C)NCC(Cc1ccc(Cl)s1)C1CCCC1. The molecule has 0 saturated heterocycles. The molecular formula is C16H26ClNS.